The van der Waals surface area contributed by atoms with Gasteiger partial charge in [-0.3, -0.25) is 9.59 Å². The number of H-pyrrole nitrogens is 1. The average molecular weight is 444 g/mol. The molecule has 1 amide bonds. The fourth-order valence-electron chi connectivity index (χ4n) is 4.26. The van der Waals surface area contributed by atoms with E-state index in [1.165, 1.54) is 0 Å². The minimum atomic E-state index is -0.215. The number of nitrogens with one attached hydrogen (secondary N) is 1. The summed E-state index contributed by atoms with van der Waals surface area (Å²) >= 11 is 0. The molecule has 168 valence electrons. The molecule has 33 heavy (non-hydrogen) atoms. The van der Waals surface area contributed by atoms with Crippen molar-refractivity contribution in [1.82, 2.24) is 19.4 Å². The molecule has 0 fully saturated rings. The van der Waals surface area contributed by atoms with Gasteiger partial charge < -0.3 is 23.9 Å². The van der Waals surface area contributed by atoms with Gasteiger partial charge in [0.2, 0.25) is 0 Å². The van der Waals surface area contributed by atoms with E-state index in [0.717, 1.165) is 22.8 Å². The third-order valence-electron chi connectivity index (χ3n) is 5.84. The molecule has 5 rings (SSSR count). The van der Waals surface area contributed by atoms with Crippen LogP contribution in [0.1, 0.15) is 27.6 Å². The minimum absolute atomic E-state index is 0.150. The molecule has 0 atom stereocenters. The quantitative estimate of drug-likeness (QED) is 0.521. The van der Waals surface area contributed by atoms with Crippen LogP contribution in [0.3, 0.4) is 0 Å². The van der Waals surface area contributed by atoms with Crippen LogP contribution in [0.15, 0.2) is 53.3 Å². The van der Waals surface area contributed by atoms with Crippen LogP contribution in [-0.4, -0.2) is 45.6 Å². The van der Waals surface area contributed by atoms with Crippen molar-refractivity contribution in [3.63, 3.8) is 0 Å². The van der Waals surface area contributed by atoms with Gasteiger partial charge >= 0.3 is 0 Å². The number of nitrogens with zero attached hydrogens (tertiary/aromatic N) is 3. The average Bonchev–Trinajstić information content (AvgIpc) is 3.12. The minimum Gasteiger partial charge on any atom is -0.486 e. The number of para-hydroxylation sites is 1. The first-order chi connectivity index (χ1) is 15.9. The van der Waals surface area contributed by atoms with E-state index < -0.39 is 0 Å². The van der Waals surface area contributed by atoms with Gasteiger partial charge in [0.05, 0.1) is 23.0 Å². The smallest absolute Gasteiger partial charge is 0.258 e. The lowest BCUT2D eigenvalue weighted by Gasteiger charge is -2.20. The van der Waals surface area contributed by atoms with Crippen LogP contribution in [0, 0.1) is 13.8 Å². The van der Waals surface area contributed by atoms with Crippen molar-refractivity contribution in [2.45, 2.75) is 20.4 Å². The van der Waals surface area contributed by atoms with Gasteiger partial charge in [-0.15, -0.1) is 0 Å². The van der Waals surface area contributed by atoms with E-state index in [0.29, 0.717) is 41.3 Å². The lowest BCUT2D eigenvalue weighted by atomic mass is 10.2. The fraction of sp³-hybridized carbons (Fsp3) is 0.240. The predicted octanol–water partition coefficient (Wildman–Crippen LogP) is 3.37. The van der Waals surface area contributed by atoms with Crippen molar-refractivity contribution in [1.29, 1.82) is 0 Å². The fourth-order valence-corrected chi connectivity index (χ4v) is 4.26. The second-order valence-corrected chi connectivity index (χ2v) is 8.14. The van der Waals surface area contributed by atoms with Crippen LogP contribution in [0.25, 0.3) is 16.6 Å². The van der Waals surface area contributed by atoms with E-state index in [2.05, 4.69) is 9.97 Å². The Hall–Kier alpha value is -4.07. The highest BCUT2D eigenvalue weighted by molar-refractivity contribution is 5.95. The highest BCUT2D eigenvalue weighted by atomic mass is 16.6. The first-order valence-corrected chi connectivity index (χ1v) is 10.7. The number of benzene rings is 2. The molecule has 0 radical (unpaired) electrons. The Bertz CT molecular complexity index is 1440. The van der Waals surface area contributed by atoms with Crippen molar-refractivity contribution in [2.24, 2.45) is 0 Å². The topological polar surface area (TPSA) is 89.5 Å². The Morgan fingerprint density at radius 3 is 2.67 bits per heavy atom. The Labute approximate surface area is 190 Å². The van der Waals surface area contributed by atoms with Crippen LogP contribution >= 0.6 is 0 Å². The van der Waals surface area contributed by atoms with Crippen molar-refractivity contribution in [3.05, 3.63) is 81.7 Å². The van der Waals surface area contributed by atoms with E-state index in [-0.39, 0.29) is 18.0 Å². The van der Waals surface area contributed by atoms with Gasteiger partial charge in [-0.05, 0) is 44.2 Å². The maximum absolute atomic E-state index is 13.3. The molecule has 3 heterocycles. The number of carbonyl (C=O) groups excluding carboxylic acids is 1. The molecule has 8 heteroatoms. The summed E-state index contributed by atoms with van der Waals surface area (Å²) in [5.74, 6) is 1.71. The summed E-state index contributed by atoms with van der Waals surface area (Å²) in [6.45, 7) is 5.12. The number of rotatable bonds is 4. The third-order valence-corrected chi connectivity index (χ3v) is 5.84. The van der Waals surface area contributed by atoms with Crippen LogP contribution in [0.2, 0.25) is 0 Å². The van der Waals surface area contributed by atoms with Crippen molar-refractivity contribution >= 4 is 16.8 Å². The van der Waals surface area contributed by atoms with E-state index in [4.69, 9.17) is 9.47 Å². The number of carbonyl (C=O) groups is 1. The van der Waals surface area contributed by atoms with Gasteiger partial charge in [-0.25, -0.2) is 4.98 Å². The summed E-state index contributed by atoms with van der Waals surface area (Å²) in [5, 5.41) is 0.526. The molecule has 2 aromatic heterocycles. The molecule has 0 saturated heterocycles. The number of aryl methyl sites for hydroxylation is 1. The molecular formula is C25H24N4O4. The summed E-state index contributed by atoms with van der Waals surface area (Å²) < 4.78 is 13.4. The monoisotopic (exact) mass is 444 g/mol. The summed E-state index contributed by atoms with van der Waals surface area (Å²) in [4.78, 5) is 34.5. The number of fused-ring (bicyclic) bond motifs is 2. The molecule has 0 aliphatic carbocycles. The van der Waals surface area contributed by atoms with E-state index in [1.807, 2.05) is 48.7 Å². The summed E-state index contributed by atoms with van der Waals surface area (Å²) in [7, 11) is 1.70. The lowest BCUT2D eigenvalue weighted by Crippen LogP contribution is -2.28. The zero-order chi connectivity index (χ0) is 23.1. The molecule has 8 nitrogen and oxygen atoms in total. The van der Waals surface area contributed by atoms with Gasteiger partial charge in [0.25, 0.3) is 11.5 Å². The molecular weight excluding hydrogens is 420 g/mol. The highest BCUT2D eigenvalue weighted by Gasteiger charge is 2.22. The SMILES string of the molecule is Cc1cc(C(=O)N(C)Cc2nc3ccccc3c(=O)[nH]2)c(C)n1-c1ccc2c(c1)OCCO2. The zero-order valence-electron chi connectivity index (χ0n) is 18.7. The second-order valence-electron chi connectivity index (χ2n) is 8.14. The third kappa shape index (κ3) is 3.73. The maximum atomic E-state index is 13.3. The molecule has 1 N–H and O–H groups in total. The molecule has 0 unspecified atom stereocenters. The first kappa shape index (κ1) is 20.8. The Balaban J connectivity index is 1.43. The van der Waals surface area contributed by atoms with Crippen LogP contribution < -0.4 is 15.0 Å². The zero-order valence-corrected chi connectivity index (χ0v) is 18.7. The van der Waals surface area contributed by atoms with Crippen molar-refractivity contribution in [3.8, 4) is 17.2 Å². The number of hydrogen-bond donors (Lipinski definition) is 1. The standard InChI is InChI=1S/C25H24N4O4/c1-15-12-19(16(2)29(15)17-8-9-21-22(13-17)33-11-10-32-21)25(31)28(3)14-23-26-20-7-5-4-6-18(20)24(30)27-23/h4-9,12-13H,10-11,14H2,1-3H3,(H,26,27,30). The largest absolute Gasteiger partial charge is 0.486 e. The van der Waals surface area contributed by atoms with E-state index in [1.54, 1.807) is 30.1 Å². The highest BCUT2D eigenvalue weighted by Crippen LogP contribution is 2.33. The van der Waals surface area contributed by atoms with Gasteiger partial charge in [-0.2, -0.15) is 0 Å². The Kier molecular flexibility index (Phi) is 5.12. The Morgan fingerprint density at radius 2 is 1.85 bits per heavy atom. The molecule has 4 aromatic rings. The van der Waals surface area contributed by atoms with Gasteiger partial charge in [0.1, 0.15) is 19.0 Å². The molecule has 1 aliphatic heterocycles. The van der Waals surface area contributed by atoms with Gasteiger partial charge in [0.15, 0.2) is 11.5 Å². The Morgan fingerprint density at radius 1 is 1.09 bits per heavy atom. The summed E-state index contributed by atoms with van der Waals surface area (Å²) in [6.07, 6.45) is 0. The van der Waals surface area contributed by atoms with E-state index >= 15 is 0 Å². The number of hydrogen-bond acceptors (Lipinski definition) is 5. The number of aromatic nitrogens is 3. The normalized spacial score (nSPS) is 12.7. The number of amides is 1. The van der Waals surface area contributed by atoms with Crippen LogP contribution in [0.5, 0.6) is 11.5 Å². The number of ether oxygens (including phenoxy) is 2. The molecule has 0 bridgehead atoms. The lowest BCUT2D eigenvalue weighted by molar-refractivity contribution is 0.0781. The van der Waals surface area contributed by atoms with E-state index in [9.17, 15) is 9.59 Å². The number of aromatic amines is 1. The summed E-state index contributed by atoms with van der Waals surface area (Å²) in [6, 6.07) is 14.8. The molecule has 0 saturated carbocycles. The molecule has 1 aliphatic rings. The summed E-state index contributed by atoms with van der Waals surface area (Å²) in [5.41, 5.74) is 3.63. The van der Waals surface area contributed by atoms with Crippen LogP contribution in [0.4, 0.5) is 0 Å². The predicted molar refractivity (Wildman–Crippen MR) is 124 cm³/mol. The first-order valence-electron chi connectivity index (χ1n) is 10.7. The second kappa shape index (κ2) is 8.12. The van der Waals surface area contributed by atoms with Crippen LogP contribution in [-0.2, 0) is 6.54 Å². The van der Waals surface area contributed by atoms with Crippen molar-refractivity contribution < 1.29 is 14.3 Å². The van der Waals surface area contributed by atoms with Gasteiger partial charge in [-0.1, -0.05) is 12.1 Å². The van der Waals surface area contributed by atoms with Crippen molar-refractivity contribution in [2.75, 3.05) is 20.3 Å². The van der Waals surface area contributed by atoms with Gasteiger partial charge in [0, 0.05) is 30.2 Å². The molecule has 2 aromatic carbocycles. The molecule has 0 spiro atoms. The maximum Gasteiger partial charge on any atom is 0.258 e.